The smallest absolute Gasteiger partial charge is 0.223 e. The number of carbonyl (C=O) groups is 2. The van der Waals surface area contributed by atoms with Gasteiger partial charge >= 0.3 is 0 Å². The van der Waals surface area contributed by atoms with E-state index in [1.165, 1.54) is 0 Å². The molecule has 0 spiro atoms. The summed E-state index contributed by atoms with van der Waals surface area (Å²) in [5.74, 6) is 0.614. The summed E-state index contributed by atoms with van der Waals surface area (Å²) in [6.07, 6.45) is 5.31. The molecule has 1 aromatic rings. The fourth-order valence-corrected chi connectivity index (χ4v) is 6.18. The SMILES string of the molecule is C[C@H]1[C@@H]2[C@@H](O)[C@H]([C@H](C)C(=O)NCc3ccco3)CC[C@@]2(C)CC[C@@H]1NC(=O)CC(C)(C)C. The standard InChI is InChI=1S/C26H42N2O4/c1-16(24(31)27-15-18-8-7-13-32-18)19-9-11-26(6)12-10-20(17(2)22(26)23(19)30)28-21(29)14-25(3,4)5/h7-8,13,16-17,19-20,22-23,30H,9-12,14-15H2,1-6H3,(H,27,31)(H,28,29)/t16-,17+,19-,20-,22+,23-,26-/m0/s1. The molecule has 2 saturated carbocycles. The number of hydrogen-bond acceptors (Lipinski definition) is 4. The molecule has 1 heterocycles. The van der Waals surface area contributed by atoms with Crippen LogP contribution in [-0.2, 0) is 16.1 Å². The van der Waals surface area contributed by atoms with Crippen molar-refractivity contribution in [3.8, 4) is 0 Å². The third-order valence-electron chi connectivity index (χ3n) is 8.00. The van der Waals surface area contributed by atoms with E-state index in [1.807, 2.05) is 13.0 Å². The van der Waals surface area contributed by atoms with Gasteiger partial charge < -0.3 is 20.2 Å². The number of nitrogens with one attached hydrogen (secondary N) is 2. The molecule has 180 valence electrons. The quantitative estimate of drug-likeness (QED) is 0.608. The Hall–Kier alpha value is -1.82. The average Bonchev–Trinajstić information content (AvgIpc) is 3.20. The van der Waals surface area contributed by atoms with E-state index in [0.717, 1.165) is 31.4 Å². The molecule has 2 aliphatic rings. The molecular formula is C26H42N2O4. The molecule has 0 aromatic carbocycles. The number of carbonyl (C=O) groups excluding carboxylic acids is 2. The molecule has 0 bridgehead atoms. The third-order valence-corrected chi connectivity index (χ3v) is 8.00. The highest BCUT2D eigenvalue weighted by Gasteiger charge is 2.53. The molecule has 2 fully saturated rings. The van der Waals surface area contributed by atoms with Crippen LogP contribution in [0, 0.1) is 34.5 Å². The van der Waals surface area contributed by atoms with Crippen molar-refractivity contribution in [2.45, 2.75) is 92.3 Å². The first-order chi connectivity index (χ1) is 14.9. The summed E-state index contributed by atoms with van der Waals surface area (Å²) in [6.45, 7) is 12.9. The van der Waals surface area contributed by atoms with Gasteiger partial charge in [-0.3, -0.25) is 9.59 Å². The van der Waals surface area contributed by atoms with Crippen molar-refractivity contribution in [1.82, 2.24) is 10.6 Å². The molecule has 6 heteroatoms. The van der Waals surface area contributed by atoms with Crippen molar-refractivity contribution in [1.29, 1.82) is 0 Å². The lowest BCUT2D eigenvalue weighted by Gasteiger charge is -2.56. The molecule has 0 saturated heterocycles. The molecule has 1 aromatic heterocycles. The summed E-state index contributed by atoms with van der Waals surface area (Å²) in [4.78, 5) is 25.4. The molecule has 2 amide bonds. The van der Waals surface area contributed by atoms with Crippen LogP contribution in [0.25, 0.3) is 0 Å². The molecule has 32 heavy (non-hydrogen) atoms. The van der Waals surface area contributed by atoms with E-state index in [1.54, 1.807) is 12.3 Å². The molecule has 6 nitrogen and oxygen atoms in total. The maximum atomic E-state index is 12.8. The van der Waals surface area contributed by atoms with E-state index in [9.17, 15) is 14.7 Å². The van der Waals surface area contributed by atoms with Crippen LogP contribution in [0.2, 0.25) is 0 Å². The van der Waals surface area contributed by atoms with Gasteiger partial charge in [-0.15, -0.1) is 0 Å². The Balaban J connectivity index is 1.66. The summed E-state index contributed by atoms with van der Waals surface area (Å²) in [5, 5.41) is 17.7. The fraction of sp³-hybridized carbons (Fsp3) is 0.769. The van der Waals surface area contributed by atoms with Crippen LogP contribution in [-0.4, -0.2) is 29.1 Å². The Morgan fingerprint density at radius 2 is 1.97 bits per heavy atom. The van der Waals surface area contributed by atoms with Crippen molar-refractivity contribution in [2.24, 2.45) is 34.5 Å². The normalized spacial score (nSPS) is 33.8. The van der Waals surface area contributed by atoms with Gasteiger partial charge in [0, 0.05) is 18.4 Å². The lowest BCUT2D eigenvalue weighted by atomic mass is 9.51. The minimum absolute atomic E-state index is 0.0466. The monoisotopic (exact) mass is 446 g/mol. The van der Waals surface area contributed by atoms with Gasteiger partial charge in [0.1, 0.15) is 5.76 Å². The number of fused-ring (bicyclic) bond motifs is 1. The van der Waals surface area contributed by atoms with Crippen LogP contribution in [0.1, 0.15) is 79.4 Å². The minimum Gasteiger partial charge on any atom is -0.467 e. The first kappa shape index (κ1) is 24.8. The first-order valence-electron chi connectivity index (χ1n) is 12.2. The van der Waals surface area contributed by atoms with Crippen molar-refractivity contribution in [3.05, 3.63) is 24.2 Å². The van der Waals surface area contributed by atoms with E-state index in [0.29, 0.717) is 13.0 Å². The molecule has 3 rings (SSSR count). The summed E-state index contributed by atoms with van der Waals surface area (Å²) in [6, 6.07) is 3.71. The summed E-state index contributed by atoms with van der Waals surface area (Å²) in [7, 11) is 0. The number of aliphatic hydroxyl groups excluding tert-OH is 1. The highest BCUT2D eigenvalue weighted by Crippen LogP contribution is 2.55. The van der Waals surface area contributed by atoms with Crippen molar-refractivity contribution in [2.75, 3.05) is 0 Å². The topological polar surface area (TPSA) is 91.6 Å². The van der Waals surface area contributed by atoms with E-state index >= 15 is 0 Å². The second-order valence-corrected chi connectivity index (χ2v) is 11.8. The Labute approximate surface area is 192 Å². The van der Waals surface area contributed by atoms with E-state index in [2.05, 4.69) is 45.3 Å². The highest BCUT2D eigenvalue weighted by atomic mass is 16.3. The molecule has 3 N–H and O–H groups in total. The van der Waals surface area contributed by atoms with Crippen LogP contribution < -0.4 is 10.6 Å². The Morgan fingerprint density at radius 3 is 2.59 bits per heavy atom. The third kappa shape index (κ3) is 5.56. The Bertz CT molecular complexity index is 784. The molecule has 0 aliphatic heterocycles. The average molecular weight is 447 g/mol. The van der Waals surface area contributed by atoms with Gasteiger partial charge in [-0.25, -0.2) is 0 Å². The maximum absolute atomic E-state index is 12.8. The van der Waals surface area contributed by atoms with E-state index < -0.39 is 6.10 Å². The zero-order valence-corrected chi connectivity index (χ0v) is 20.6. The Morgan fingerprint density at radius 1 is 1.28 bits per heavy atom. The number of rotatable bonds is 6. The van der Waals surface area contributed by atoms with Crippen LogP contribution in [0.15, 0.2) is 22.8 Å². The zero-order valence-electron chi connectivity index (χ0n) is 20.6. The lowest BCUT2D eigenvalue weighted by molar-refractivity contribution is -0.144. The highest BCUT2D eigenvalue weighted by molar-refractivity contribution is 5.78. The van der Waals surface area contributed by atoms with Gasteiger partial charge in [-0.05, 0) is 66.4 Å². The van der Waals surface area contributed by atoms with Crippen LogP contribution >= 0.6 is 0 Å². The molecule has 2 aliphatic carbocycles. The predicted octanol–water partition coefficient (Wildman–Crippen LogP) is 4.28. The number of furan rings is 1. The second-order valence-electron chi connectivity index (χ2n) is 11.8. The van der Waals surface area contributed by atoms with Gasteiger partial charge in [0.15, 0.2) is 0 Å². The van der Waals surface area contributed by atoms with Gasteiger partial charge in [0.2, 0.25) is 11.8 Å². The first-order valence-corrected chi connectivity index (χ1v) is 12.2. The summed E-state index contributed by atoms with van der Waals surface area (Å²) >= 11 is 0. The van der Waals surface area contributed by atoms with Gasteiger partial charge in [0.25, 0.3) is 0 Å². The lowest BCUT2D eigenvalue weighted by Crippen LogP contribution is -2.58. The molecule has 0 unspecified atom stereocenters. The van der Waals surface area contributed by atoms with Crippen molar-refractivity contribution >= 4 is 11.8 Å². The molecular weight excluding hydrogens is 404 g/mol. The van der Waals surface area contributed by atoms with E-state index in [4.69, 9.17) is 4.42 Å². The van der Waals surface area contributed by atoms with E-state index in [-0.39, 0.29) is 52.4 Å². The molecule has 0 radical (unpaired) electrons. The van der Waals surface area contributed by atoms with Gasteiger partial charge in [-0.2, -0.15) is 0 Å². The summed E-state index contributed by atoms with van der Waals surface area (Å²) in [5.41, 5.74) is -0.00462. The number of amides is 2. The van der Waals surface area contributed by atoms with Crippen LogP contribution in [0.3, 0.4) is 0 Å². The predicted molar refractivity (Wildman–Crippen MR) is 124 cm³/mol. The summed E-state index contributed by atoms with van der Waals surface area (Å²) < 4.78 is 5.30. The fourth-order valence-electron chi connectivity index (χ4n) is 6.18. The molecule has 7 atom stereocenters. The minimum atomic E-state index is -0.560. The Kier molecular flexibility index (Phi) is 7.43. The van der Waals surface area contributed by atoms with Crippen LogP contribution in [0.5, 0.6) is 0 Å². The zero-order chi connectivity index (χ0) is 23.7. The largest absolute Gasteiger partial charge is 0.467 e. The number of hydrogen-bond donors (Lipinski definition) is 3. The second kappa shape index (κ2) is 9.58. The number of aliphatic hydroxyl groups is 1. The maximum Gasteiger partial charge on any atom is 0.223 e. The van der Waals surface area contributed by atoms with Crippen molar-refractivity contribution < 1.29 is 19.1 Å². The van der Waals surface area contributed by atoms with Crippen LogP contribution in [0.4, 0.5) is 0 Å². The van der Waals surface area contributed by atoms with Gasteiger partial charge in [-0.1, -0.05) is 41.5 Å². The van der Waals surface area contributed by atoms with Crippen molar-refractivity contribution in [3.63, 3.8) is 0 Å². The van der Waals surface area contributed by atoms with Gasteiger partial charge in [0.05, 0.1) is 18.9 Å².